The van der Waals surface area contributed by atoms with Gasteiger partial charge >= 0.3 is 5.97 Å². The Labute approximate surface area is 220 Å². The van der Waals surface area contributed by atoms with Crippen molar-refractivity contribution in [1.82, 2.24) is 9.97 Å². The first-order chi connectivity index (χ1) is 18.8. The Kier molecular flexibility index (Phi) is 13.7. The van der Waals surface area contributed by atoms with Crippen LogP contribution in [0.25, 0.3) is 0 Å². The lowest BCUT2D eigenvalue weighted by Gasteiger charge is -2.06. The Morgan fingerprint density at radius 3 is 1.77 bits per heavy atom. The molecule has 0 aliphatic carbocycles. The fourth-order valence-electron chi connectivity index (χ4n) is 2.92. The van der Waals surface area contributed by atoms with Gasteiger partial charge in [0.1, 0.15) is 61.4 Å². The van der Waals surface area contributed by atoms with Crippen molar-refractivity contribution < 1.29 is 43.6 Å². The zero-order valence-corrected chi connectivity index (χ0v) is 20.0. The van der Waals surface area contributed by atoms with Crippen molar-refractivity contribution in [3.8, 4) is 0 Å². The van der Waals surface area contributed by atoms with E-state index >= 15 is 0 Å². The SMILES string of the molecule is O=CC(C=O)c1cccc(C(=O)O)c1[N+](=O)[O-].O=CC(C=O)c1ccccc1.O=CC(C=O)c1ccncn1. The summed E-state index contributed by atoms with van der Waals surface area (Å²) in [5, 5.41) is 19.6. The predicted octanol–water partition coefficient (Wildman–Crippen LogP) is 1.90. The normalized spacial score (nSPS) is 9.72. The maximum atomic E-state index is 10.8. The molecule has 0 saturated heterocycles. The summed E-state index contributed by atoms with van der Waals surface area (Å²) < 4.78 is 0. The summed E-state index contributed by atoms with van der Waals surface area (Å²) in [6, 6.07) is 14.0. The number of carboxylic acids is 1. The van der Waals surface area contributed by atoms with Crippen molar-refractivity contribution >= 4 is 49.4 Å². The van der Waals surface area contributed by atoms with E-state index in [1.54, 1.807) is 24.3 Å². The first-order valence-corrected chi connectivity index (χ1v) is 10.8. The number of rotatable bonds is 11. The second kappa shape index (κ2) is 17.0. The fourth-order valence-corrected chi connectivity index (χ4v) is 2.92. The van der Waals surface area contributed by atoms with E-state index in [-0.39, 0.29) is 18.1 Å². The van der Waals surface area contributed by atoms with E-state index in [0.717, 1.165) is 11.6 Å². The molecule has 2 aromatic carbocycles. The molecule has 1 heterocycles. The Morgan fingerprint density at radius 1 is 0.769 bits per heavy atom. The van der Waals surface area contributed by atoms with Gasteiger partial charge in [0.25, 0.3) is 5.69 Å². The summed E-state index contributed by atoms with van der Waals surface area (Å²) >= 11 is 0. The van der Waals surface area contributed by atoms with E-state index in [1.165, 1.54) is 30.7 Å². The number of hydrogen-bond donors (Lipinski definition) is 1. The number of aromatic carboxylic acids is 1. The largest absolute Gasteiger partial charge is 0.477 e. The maximum absolute atomic E-state index is 10.8. The quantitative estimate of drug-likeness (QED) is 0.161. The molecular weight excluding hydrogens is 514 g/mol. The molecule has 0 saturated carbocycles. The molecule has 13 heteroatoms. The van der Waals surface area contributed by atoms with Gasteiger partial charge in [0.2, 0.25) is 0 Å². The molecule has 3 aromatic rings. The van der Waals surface area contributed by atoms with Gasteiger partial charge in [-0.3, -0.25) is 10.1 Å². The Hall–Kier alpha value is -5.59. The fraction of sp³-hybridized carbons (Fsp3) is 0.115. The van der Waals surface area contributed by atoms with Crippen molar-refractivity contribution in [3.05, 3.63) is 99.6 Å². The molecule has 0 aliphatic heterocycles. The lowest BCUT2D eigenvalue weighted by molar-refractivity contribution is -0.385. The molecular formula is C26H21N3O10. The van der Waals surface area contributed by atoms with E-state index < -0.39 is 39.9 Å². The van der Waals surface area contributed by atoms with Crippen molar-refractivity contribution in [2.75, 3.05) is 0 Å². The molecule has 0 radical (unpaired) electrons. The number of carbonyl (C=O) groups is 7. The molecule has 0 unspecified atom stereocenters. The maximum Gasteiger partial charge on any atom is 0.342 e. The highest BCUT2D eigenvalue weighted by molar-refractivity contribution is 5.95. The number of benzene rings is 2. The molecule has 0 aliphatic rings. The predicted molar refractivity (Wildman–Crippen MR) is 133 cm³/mol. The summed E-state index contributed by atoms with van der Waals surface area (Å²) in [5.74, 6) is -4.18. The molecule has 0 bridgehead atoms. The van der Waals surface area contributed by atoms with Crippen LogP contribution in [0.4, 0.5) is 5.69 Å². The van der Waals surface area contributed by atoms with Gasteiger partial charge in [-0.2, -0.15) is 0 Å². The summed E-state index contributed by atoms with van der Waals surface area (Å²) in [6.07, 6.45) is 5.62. The molecule has 39 heavy (non-hydrogen) atoms. The smallest absolute Gasteiger partial charge is 0.342 e. The Morgan fingerprint density at radius 2 is 1.33 bits per heavy atom. The minimum absolute atomic E-state index is 0.222. The van der Waals surface area contributed by atoms with Gasteiger partial charge in [-0.05, 0) is 17.7 Å². The standard InChI is InChI=1S/C10H7NO6.C9H8O2.C7H6N2O2/c12-4-6(5-13)7-2-1-3-8(10(14)15)9(7)11(16)17;10-6-9(7-11)8-4-2-1-3-5-8;10-3-6(4-11)7-1-2-8-5-9-7/h1-6H,(H,14,15);1-7,9H;1-6H. The number of aromatic nitrogens is 2. The first kappa shape index (κ1) is 31.4. The average Bonchev–Trinajstić information content (AvgIpc) is 2.96. The third-order valence-corrected chi connectivity index (χ3v) is 4.85. The van der Waals surface area contributed by atoms with Crippen LogP contribution in [0.2, 0.25) is 0 Å². The third-order valence-electron chi connectivity index (χ3n) is 4.85. The number of para-hydroxylation sites is 1. The lowest BCUT2D eigenvalue weighted by Crippen LogP contribution is -2.10. The van der Waals surface area contributed by atoms with Gasteiger partial charge in [-0.1, -0.05) is 42.5 Å². The van der Waals surface area contributed by atoms with Gasteiger partial charge < -0.3 is 33.9 Å². The van der Waals surface area contributed by atoms with Crippen LogP contribution >= 0.6 is 0 Å². The summed E-state index contributed by atoms with van der Waals surface area (Å²) in [6.45, 7) is 0. The van der Waals surface area contributed by atoms with E-state index in [4.69, 9.17) is 5.11 Å². The number of hydrogen-bond acceptors (Lipinski definition) is 11. The van der Waals surface area contributed by atoms with E-state index in [0.29, 0.717) is 30.8 Å². The van der Waals surface area contributed by atoms with Crippen LogP contribution in [0, 0.1) is 10.1 Å². The number of nitro groups is 1. The molecule has 0 atom stereocenters. The molecule has 3 rings (SSSR count). The van der Waals surface area contributed by atoms with Crippen LogP contribution in [0.1, 0.15) is 44.9 Å². The van der Waals surface area contributed by atoms with Crippen molar-refractivity contribution in [1.29, 1.82) is 0 Å². The lowest BCUT2D eigenvalue weighted by atomic mass is 9.97. The zero-order valence-electron chi connectivity index (χ0n) is 20.0. The van der Waals surface area contributed by atoms with Crippen LogP contribution in [0.15, 0.2) is 67.1 Å². The number of nitrogens with zero attached hydrogens (tertiary/aromatic N) is 3. The number of aldehydes is 6. The number of carbonyl (C=O) groups excluding carboxylic acids is 6. The van der Waals surface area contributed by atoms with Crippen LogP contribution in [-0.4, -0.2) is 63.7 Å². The van der Waals surface area contributed by atoms with Crippen LogP contribution in [0.5, 0.6) is 0 Å². The molecule has 1 aromatic heterocycles. The number of nitro benzene ring substituents is 1. The highest BCUT2D eigenvalue weighted by Gasteiger charge is 2.28. The van der Waals surface area contributed by atoms with Crippen molar-refractivity contribution in [2.45, 2.75) is 17.8 Å². The molecule has 0 amide bonds. The molecule has 0 fully saturated rings. The average molecular weight is 535 g/mol. The third kappa shape index (κ3) is 9.42. The van der Waals surface area contributed by atoms with Crippen molar-refractivity contribution in [3.63, 3.8) is 0 Å². The highest BCUT2D eigenvalue weighted by Crippen LogP contribution is 2.28. The first-order valence-electron chi connectivity index (χ1n) is 10.8. The topological polar surface area (TPSA) is 209 Å². The second-order valence-electron chi connectivity index (χ2n) is 7.24. The van der Waals surface area contributed by atoms with Crippen LogP contribution in [0.3, 0.4) is 0 Å². The molecule has 0 spiro atoms. The monoisotopic (exact) mass is 535 g/mol. The van der Waals surface area contributed by atoms with Gasteiger partial charge in [0, 0.05) is 11.8 Å². The number of carboxylic acid groups (broad SMARTS) is 1. The van der Waals surface area contributed by atoms with Crippen molar-refractivity contribution in [2.24, 2.45) is 0 Å². The van der Waals surface area contributed by atoms with E-state index in [1.807, 2.05) is 6.07 Å². The van der Waals surface area contributed by atoms with Crippen LogP contribution in [-0.2, 0) is 28.8 Å². The van der Waals surface area contributed by atoms with Gasteiger partial charge in [-0.25, -0.2) is 14.8 Å². The zero-order chi connectivity index (χ0) is 29.2. The molecule has 13 nitrogen and oxygen atoms in total. The van der Waals surface area contributed by atoms with E-state index in [9.17, 15) is 43.7 Å². The van der Waals surface area contributed by atoms with Gasteiger partial charge in [0.15, 0.2) is 0 Å². The van der Waals surface area contributed by atoms with Gasteiger partial charge in [0.05, 0.1) is 16.5 Å². The molecule has 1 N–H and O–H groups in total. The Balaban J connectivity index is 0.000000304. The van der Waals surface area contributed by atoms with E-state index in [2.05, 4.69) is 9.97 Å². The minimum Gasteiger partial charge on any atom is -0.477 e. The summed E-state index contributed by atoms with van der Waals surface area (Å²) in [7, 11) is 0. The van der Waals surface area contributed by atoms with Crippen LogP contribution < -0.4 is 0 Å². The highest BCUT2D eigenvalue weighted by atomic mass is 16.6. The second-order valence-corrected chi connectivity index (χ2v) is 7.24. The summed E-state index contributed by atoms with van der Waals surface area (Å²) in [4.78, 5) is 90.4. The van der Waals surface area contributed by atoms with Gasteiger partial charge in [-0.15, -0.1) is 0 Å². The molecule has 200 valence electrons. The summed E-state index contributed by atoms with van der Waals surface area (Å²) in [5.41, 5.74) is -0.326. The Bertz CT molecular complexity index is 1220. The minimum atomic E-state index is -1.49.